The van der Waals surface area contributed by atoms with E-state index in [9.17, 15) is 9.18 Å². The first-order valence-electron chi connectivity index (χ1n) is 7.97. The summed E-state index contributed by atoms with van der Waals surface area (Å²) in [6, 6.07) is 15.8. The van der Waals surface area contributed by atoms with Crippen LogP contribution in [-0.2, 0) is 10.2 Å². The average Bonchev–Trinajstić information content (AvgIpc) is 2.52. The van der Waals surface area contributed by atoms with Gasteiger partial charge in [-0.2, -0.15) is 0 Å². The summed E-state index contributed by atoms with van der Waals surface area (Å²) in [6.07, 6.45) is 2.49. The highest BCUT2D eigenvalue weighted by Crippen LogP contribution is 2.44. The number of halogens is 1. The Bertz CT molecular complexity index is 683. The van der Waals surface area contributed by atoms with Crippen LogP contribution in [0, 0.1) is 5.82 Å². The third-order valence-corrected chi connectivity index (χ3v) is 4.73. The fourth-order valence-electron chi connectivity index (χ4n) is 3.15. The minimum atomic E-state index is -0.599. The zero-order valence-corrected chi connectivity index (χ0v) is 13.0. The molecule has 1 aliphatic carbocycles. The van der Waals surface area contributed by atoms with E-state index < -0.39 is 5.41 Å². The van der Waals surface area contributed by atoms with Crippen molar-refractivity contribution in [3.63, 3.8) is 0 Å². The summed E-state index contributed by atoms with van der Waals surface area (Å²) < 4.78 is 13.5. The molecular weight excluding hydrogens is 291 g/mol. The van der Waals surface area contributed by atoms with Gasteiger partial charge in [0, 0.05) is 12.6 Å². The second kappa shape index (κ2) is 6.50. The monoisotopic (exact) mass is 312 g/mol. The van der Waals surface area contributed by atoms with Crippen LogP contribution in [0.3, 0.4) is 0 Å². The Hall–Kier alpha value is -2.20. The van der Waals surface area contributed by atoms with Crippen molar-refractivity contribution >= 4 is 5.91 Å². The van der Waals surface area contributed by atoms with Crippen LogP contribution in [0.4, 0.5) is 4.39 Å². The van der Waals surface area contributed by atoms with Crippen molar-refractivity contribution in [3.05, 3.63) is 71.5 Å². The van der Waals surface area contributed by atoms with Crippen LogP contribution in [0.5, 0.6) is 0 Å². The molecular formula is C19H21FN2O. The predicted molar refractivity (Wildman–Crippen MR) is 88.3 cm³/mol. The minimum Gasteiger partial charge on any atom is -0.353 e. The number of hydrogen-bond donors (Lipinski definition) is 2. The van der Waals surface area contributed by atoms with Crippen molar-refractivity contribution in [1.29, 1.82) is 0 Å². The van der Waals surface area contributed by atoms with Crippen molar-refractivity contribution in [2.75, 3.05) is 6.54 Å². The second-order valence-electron chi connectivity index (χ2n) is 6.17. The molecule has 0 aromatic heterocycles. The van der Waals surface area contributed by atoms with Gasteiger partial charge in [0.25, 0.3) is 0 Å². The lowest BCUT2D eigenvalue weighted by molar-refractivity contribution is -0.130. The number of nitrogens with one attached hydrogen (secondary N) is 1. The molecule has 120 valence electrons. The molecule has 3 N–H and O–H groups in total. The van der Waals surface area contributed by atoms with Crippen molar-refractivity contribution in [1.82, 2.24) is 5.32 Å². The van der Waals surface area contributed by atoms with Crippen molar-refractivity contribution in [2.24, 2.45) is 5.73 Å². The normalized spacial score (nSPS) is 17.1. The molecule has 1 saturated carbocycles. The summed E-state index contributed by atoms with van der Waals surface area (Å²) in [5.74, 6) is -0.358. The van der Waals surface area contributed by atoms with E-state index in [2.05, 4.69) is 5.32 Å². The molecule has 23 heavy (non-hydrogen) atoms. The van der Waals surface area contributed by atoms with Gasteiger partial charge in [0.2, 0.25) is 5.91 Å². The number of rotatable bonds is 5. The van der Waals surface area contributed by atoms with Gasteiger partial charge < -0.3 is 11.1 Å². The van der Waals surface area contributed by atoms with E-state index in [1.165, 1.54) is 12.1 Å². The average molecular weight is 312 g/mol. The molecule has 1 aliphatic rings. The van der Waals surface area contributed by atoms with Gasteiger partial charge in [0.15, 0.2) is 0 Å². The molecule has 1 unspecified atom stereocenters. The van der Waals surface area contributed by atoms with Gasteiger partial charge in [-0.1, -0.05) is 48.9 Å². The molecule has 0 radical (unpaired) electrons. The zero-order valence-electron chi connectivity index (χ0n) is 13.0. The first kappa shape index (κ1) is 15.7. The summed E-state index contributed by atoms with van der Waals surface area (Å²) in [7, 11) is 0. The summed E-state index contributed by atoms with van der Waals surface area (Å²) in [5.41, 5.74) is 7.28. The third kappa shape index (κ3) is 3.13. The second-order valence-corrected chi connectivity index (χ2v) is 6.17. The van der Waals surface area contributed by atoms with E-state index in [0.29, 0.717) is 6.54 Å². The van der Waals surface area contributed by atoms with E-state index in [1.54, 1.807) is 6.07 Å². The SMILES string of the molecule is NC(CNC(=O)C1(c2cccc(F)c2)CCC1)c1ccccc1. The summed E-state index contributed by atoms with van der Waals surface area (Å²) in [4.78, 5) is 12.7. The van der Waals surface area contributed by atoms with E-state index in [4.69, 9.17) is 5.73 Å². The maximum atomic E-state index is 13.5. The summed E-state index contributed by atoms with van der Waals surface area (Å²) in [5, 5.41) is 2.96. The van der Waals surface area contributed by atoms with Crippen LogP contribution in [0.25, 0.3) is 0 Å². The molecule has 0 heterocycles. The van der Waals surface area contributed by atoms with Crippen molar-refractivity contribution < 1.29 is 9.18 Å². The molecule has 0 bridgehead atoms. The van der Waals surface area contributed by atoms with Crippen LogP contribution < -0.4 is 11.1 Å². The molecule has 4 heteroatoms. The van der Waals surface area contributed by atoms with Crippen molar-refractivity contribution in [2.45, 2.75) is 30.7 Å². The Morgan fingerprint density at radius 1 is 1.17 bits per heavy atom. The fourth-order valence-corrected chi connectivity index (χ4v) is 3.15. The third-order valence-electron chi connectivity index (χ3n) is 4.73. The highest BCUT2D eigenvalue weighted by molar-refractivity contribution is 5.89. The molecule has 1 atom stereocenters. The van der Waals surface area contributed by atoms with Gasteiger partial charge >= 0.3 is 0 Å². The number of benzene rings is 2. The Morgan fingerprint density at radius 3 is 2.52 bits per heavy atom. The Balaban J connectivity index is 1.69. The van der Waals surface area contributed by atoms with Gasteiger partial charge in [-0.05, 0) is 36.1 Å². The molecule has 3 nitrogen and oxygen atoms in total. The van der Waals surface area contributed by atoms with Crippen LogP contribution in [0.2, 0.25) is 0 Å². The maximum Gasteiger partial charge on any atom is 0.230 e. The van der Waals surface area contributed by atoms with E-state index >= 15 is 0 Å². The predicted octanol–water partition coefficient (Wildman–Crippen LogP) is 3.06. The first-order chi connectivity index (χ1) is 11.1. The van der Waals surface area contributed by atoms with Crippen molar-refractivity contribution in [3.8, 4) is 0 Å². The number of hydrogen-bond acceptors (Lipinski definition) is 2. The van der Waals surface area contributed by atoms with E-state index in [1.807, 2.05) is 36.4 Å². The fraction of sp³-hybridized carbons (Fsp3) is 0.316. The number of carbonyl (C=O) groups is 1. The van der Waals surface area contributed by atoms with Gasteiger partial charge in [-0.3, -0.25) is 4.79 Å². The van der Waals surface area contributed by atoms with Crippen LogP contribution in [0.1, 0.15) is 36.4 Å². The van der Waals surface area contributed by atoms with Gasteiger partial charge in [0.05, 0.1) is 5.41 Å². The lowest BCUT2D eigenvalue weighted by Gasteiger charge is -2.41. The highest BCUT2D eigenvalue weighted by Gasteiger charge is 2.45. The number of carbonyl (C=O) groups excluding carboxylic acids is 1. The number of amides is 1. The van der Waals surface area contributed by atoms with Crippen LogP contribution >= 0.6 is 0 Å². The van der Waals surface area contributed by atoms with E-state index in [0.717, 1.165) is 30.4 Å². The van der Waals surface area contributed by atoms with Crippen LogP contribution in [0.15, 0.2) is 54.6 Å². The zero-order chi connectivity index (χ0) is 16.3. The number of nitrogens with two attached hydrogens (primary N) is 1. The van der Waals surface area contributed by atoms with Gasteiger partial charge in [-0.15, -0.1) is 0 Å². The lowest BCUT2D eigenvalue weighted by atomic mass is 9.63. The molecule has 1 fully saturated rings. The lowest BCUT2D eigenvalue weighted by Crippen LogP contribution is -2.50. The maximum absolute atomic E-state index is 13.5. The standard InChI is InChI=1S/C19H21FN2O/c20-16-9-4-8-15(12-16)19(10-5-11-19)18(23)22-13-17(21)14-6-2-1-3-7-14/h1-4,6-9,12,17H,5,10-11,13,21H2,(H,22,23). The van der Waals surface area contributed by atoms with E-state index in [-0.39, 0.29) is 17.8 Å². The highest BCUT2D eigenvalue weighted by atomic mass is 19.1. The molecule has 0 aliphatic heterocycles. The largest absolute Gasteiger partial charge is 0.353 e. The summed E-state index contributed by atoms with van der Waals surface area (Å²) in [6.45, 7) is 0.375. The first-order valence-corrected chi connectivity index (χ1v) is 7.97. The van der Waals surface area contributed by atoms with Crippen LogP contribution in [-0.4, -0.2) is 12.5 Å². The topological polar surface area (TPSA) is 55.1 Å². The Kier molecular flexibility index (Phi) is 4.44. The molecule has 2 aromatic carbocycles. The smallest absolute Gasteiger partial charge is 0.230 e. The Morgan fingerprint density at radius 2 is 1.91 bits per heavy atom. The molecule has 0 spiro atoms. The molecule has 2 aromatic rings. The molecule has 0 saturated heterocycles. The molecule has 3 rings (SSSR count). The minimum absolute atomic E-state index is 0.0549. The Labute approximate surface area is 135 Å². The van der Waals surface area contributed by atoms with Gasteiger partial charge in [-0.25, -0.2) is 4.39 Å². The molecule has 1 amide bonds. The quantitative estimate of drug-likeness (QED) is 0.891. The van der Waals surface area contributed by atoms with Gasteiger partial charge in [0.1, 0.15) is 5.82 Å². The summed E-state index contributed by atoms with van der Waals surface area (Å²) >= 11 is 0.